The van der Waals surface area contributed by atoms with Gasteiger partial charge in [-0.05, 0) is 38.1 Å². The molecule has 1 amide bonds. The van der Waals surface area contributed by atoms with Crippen LogP contribution in [0.25, 0.3) is 0 Å². The zero-order valence-corrected chi connectivity index (χ0v) is 14.8. The second-order valence-corrected chi connectivity index (χ2v) is 5.90. The summed E-state index contributed by atoms with van der Waals surface area (Å²) in [7, 11) is 1.54. The highest BCUT2D eigenvalue weighted by molar-refractivity contribution is 5.99. The van der Waals surface area contributed by atoms with Crippen LogP contribution in [0.2, 0.25) is 0 Å². The van der Waals surface area contributed by atoms with Crippen LogP contribution in [0, 0.1) is 0 Å². The number of ether oxygens (including phenoxy) is 1. The second-order valence-electron chi connectivity index (χ2n) is 5.90. The number of alkyl halides is 3. The molecule has 9 heteroatoms. The van der Waals surface area contributed by atoms with Crippen LogP contribution >= 0.6 is 0 Å². The molecule has 0 saturated carbocycles. The van der Waals surface area contributed by atoms with E-state index in [1.165, 1.54) is 43.8 Å². The van der Waals surface area contributed by atoms with Crippen molar-refractivity contribution in [3.05, 3.63) is 53.3 Å². The number of esters is 1. The Labute approximate surface area is 152 Å². The van der Waals surface area contributed by atoms with Gasteiger partial charge in [0.2, 0.25) is 0 Å². The minimum atomic E-state index is -4.54. The van der Waals surface area contributed by atoms with E-state index in [-0.39, 0.29) is 17.2 Å². The Hall–Kier alpha value is -3.10. The number of aryl methyl sites for hydroxylation is 1. The molecular weight excluding hydrogens is 365 g/mol. The summed E-state index contributed by atoms with van der Waals surface area (Å²) >= 11 is 0. The molecule has 1 N–H and O–H groups in total. The Morgan fingerprint density at radius 1 is 1.19 bits per heavy atom. The van der Waals surface area contributed by atoms with Gasteiger partial charge in [-0.3, -0.25) is 9.59 Å². The summed E-state index contributed by atoms with van der Waals surface area (Å²) in [6, 6.07) is 5.44. The lowest BCUT2D eigenvalue weighted by molar-refractivity contribution is -0.137. The van der Waals surface area contributed by atoms with Gasteiger partial charge in [-0.25, -0.2) is 4.79 Å². The molecule has 2 rings (SSSR count). The molecule has 0 aliphatic carbocycles. The Morgan fingerprint density at radius 3 is 2.41 bits per heavy atom. The first-order chi connectivity index (χ1) is 12.5. The van der Waals surface area contributed by atoms with Gasteiger partial charge < -0.3 is 14.6 Å². The first kappa shape index (κ1) is 20.2. The highest BCUT2D eigenvalue weighted by atomic mass is 19.4. The summed E-state index contributed by atoms with van der Waals surface area (Å²) in [5.74, 6) is -1.86. The highest BCUT2D eigenvalue weighted by Gasteiger charge is 2.30. The van der Waals surface area contributed by atoms with Gasteiger partial charge in [0.05, 0.1) is 5.56 Å². The number of aromatic nitrogens is 1. The van der Waals surface area contributed by atoms with Gasteiger partial charge >= 0.3 is 12.1 Å². The van der Waals surface area contributed by atoms with Crippen molar-refractivity contribution in [3.63, 3.8) is 0 Å². The van der Waals surface area contributed by atoms with Crippen LogP contribution < -0.4 is 5.32 Å². The fourth-order valence-electron chi connectivity index (χ4n) is 2.25. The SMILES string of the molecule is CC(=O)c1cc(C(=O)O[C@@H](C)C(=O)Nc2cccc(C(F)(F)F)c2)n(C)c1. The average Bonchev–Trinajstić information content (AvgIpc) is 2.96. The largest absolute Gasteiger partial charge is 0.448 e. The Bertz CT molecular complexity index is 887. The third kappa shape index (κ3) is 4.96. The van der Waals surface area contributed by atoms with Crippen molar-refractivity contribution in [2.75, 3.05) is 5.32 Å². The minimum Gasteiger partial charge on any atom is -0.448 e. The maximum atomic E-state index is 12.7. The molecule has 2 aromatic rings. The lowest BCUT2D eigenvalue weighted by Gasteiger charge is -2.14. The lowest BCUT2D eigenvalue weighted by atomic mass is 10.2. The molecule has 0 bridgehead atoms. The van der Waals surface area contributed by atoms with Crippen LogP contribution in [0.5, 0.6) is 0 Å². The first-order valence-electron chi connectivity index (χ1n) is 7.85. The van der Waals surface area contributed by atoms with Crippen LogP contribution in [0.3, 0.4) is 0 Å². The zero-order valence-electron chi connectivity index (χ0n) is 14.8. The fraction of sp³-hybridized carbons (Fsp3) is 0.278. The maximum absolute atomic E-state index is 12.7. The number of nitrogens with one attached hydrogen (secondary N) is 1. The van der Waals surface area contributed by atoms with Gasteiger partial charge in [0.15, 0.2) is 11.9 Å². The molecule has 0 unspecified atom stereocenters. The molecule has 1 atom stereocenters. The van der Waals surface area contributed by atoms with Gasteiger partial charge in [0.25, 0.3) is 5.91 Å². The van der Waals surface area contributed by atoms with E-state index >= 15 is 0 Å². The quantitative estimate of drug-likeness (QED) is 0.635. The molecular formula is C18H17F3N2O4. The van der Waals surface area contributed by atoms with Crippen LogP contribution in [-0.4, -0.2) is 28.3 Å². The smallest absolute Gasteiger partial charge is 0.416 e. The van der Waals surface area contributed by atoms with E-state index in [2.05, 4.69) is 5.32 Å². The molecule has 0 aliphatic heterocycles. The topological polar surface area (TPSA) is 77.4 Å². The Kier molecular flexibility index (Phi) is 5.72. The third-order valence-corrected chi connectivity index (χ3v) is 3.73. The Balaban J connectivity index is 2.06. The number of hydrogen-bond acceptors (Lipinski definition) is 4. The normalized spacial score (nSPS) is 12.4. The molecule has 1 aromatic carbocycles. The summed E-state index contributed by atoms with van der Waals surface area (Å²) < 4.78 is 44.6. The van der Waals surface area contributed by atoms with Crippen molar-refractivity contribution in [3.8, 4) is 0 Å². The van der Waals surface area contributed by atoms with E-state index in [4.69, 9.17) is 4.74 Å². The zero-order chi connectivity index (χ0) is 20.4. The average molecular weight is 382 g/mol. The van der Waals surface area contributed by atoms with Crippen LogP contribution in [0.15, 0.2) is 36.5 Å². The van der Waals surface area contributed by atoms with Gasteiger partial charge in [-0.2, -0.15) is 13.2 Å². The van der Waals surface area contributed by atoms with Gasteiger partial charge in [-0.15, -0.1) is 0 Å². The summed E-state index contributed by atoms with van der Waals surface area (Å²) in [4.78, 5) is 35.6. The van der Waals surface area contributed by atoms with E-state index in [0.717, 1.165) is 18.2 Å². The molecule has 6 nitrogen and oxygen atoms in total. The monoisotopic (exact) mass is 382 g/mol. The number of amides is 1. The third-order valence-electron chi connectivity index (χ3n) is 3.73. The van der Waals surface area contributed by atoms with Crippen molar-refractivity contribution in [1.82, 2.24) is 4.57 Å². The molecule has 0 radical (unpaired) electrons. The number of nitrogens with zero attached hydrogens (tertiary/aromatic N) is 1. The molecule has 27 heavy (non-hydrogen) atoms. The van der Waals surface area contributed by atoms with Crippen molar-refractivity contribution in [1.29, 1.82) is 0 Å². The van der Waals surface area contributed by atoms with Crippen LogP contribution in [0.1, 0.15) is 40.3 Å². The van der Waals surface area contributed by atoms with Gasteiger partial charge in [0.1, 0.15) is 5.69 Å². The second kappa shape index (κ2) is 7.65. The number of Topliss-reactive ketones (excluding diaryl/α,β-unsaturated/α-hetero) is 1. The predicted molar refractivity (Wildman–Crippen MR) is 90.4 cm³/mol. The number of rotatable bonds is 5. The number of benzene rings is 1. The van der Waals surface area contributed by atoms with E-state index in [1.54, 1.807) is 0 Å². The summed E-state index contributed by atoms with van der Waals surface area (Å²) in [5.41, 5.74) is -0.606. The number of carbonyl (C=O) groups excluding carboxylic acids is 3. The Morgan fingerprint density at radius 2 is 1.85 bits per heavy atom. The molecule has 0 fully saturated rings. The number of carbonyl (C=O) groups is 3. The predicted octanol–water partition coefficient (Wildman–Crippen LogP) is 3.43. The summed E-state index contributed by atoms with van der Waals surface area (Å²) in [6.07, 6.45) is -4.35. The van der Waals surface area contributed by atoms with Crippen molar-refractivity contribution in [2.45, 2.75) is 26.1 Å². The maximum Gasteiger partial charge on any atom is 0.416 e. The lowest BCUT2D eigenvalue weighted by Crippen LogP contribution is -2.30. The van der Waals surface area contributed by atoms with E-state index in [9.17, 15) is 27.6 Å². The van der Waals surface area contributed by atoms with Crippen molar-refractivity contribution in [2.24, 2.45) is 7.05 Å². The number of ketones is 1. The van der Waals surface area contributed by atoms with Gasteiger partial charge in [0, 0.05) is 24.5 Å². The van der Waals surface area contributed by atoms with Crippen molar-refractivity contribution < 1.29 is 32.3 Å². The van der Waals surface area contributed by atoms with E-state index < -0.39 is 29.7 Å². The highest BCUT2D eigenvalue weighted by Crippen LogP contribution is 2.30. The summed E-state index contributed by atoms with van der Waals surface area (Å²) in [6.45, 7) is 2.63. The minimum absolute atomic E-state index is 0.0684. The van der Waals surface area contributed by atoms with E-state index in [0.29, 0.717) is 5.56 Å². The molecule has 0 spiro atoms. The van der Waals surface area contributed by atoms with Gasteiger partial charge in [-0.1, -0.05) is 6.07 Å². The van der Waals surface area contributed by atoms with Crippen LogP contribution in [0.4, 0.5) is 18.9 Å². The molecule has 0 saturated heterocycles. The molecule has 0 aliphatic rings. The molecule has 1 aromatic heterocycles. The summed E-state index contributed by atoms with van der Waals surface area (Å²) in [5, 5.41) is 2.27. The molecule has 1 heterocycles. The van der Waals surface area contributed by atoms with E-state index in [1.807, 2.05) is 0 Å². The molecule has 144 valence electrons. The van der Waals surface area contributed by atoms with Crippen molar-refractivity contribution >= 4 is 23.3 Å². The standard InChI is InChI=1S/C18H17F3N2O4/c1-10(24)12-7-15(23(3)9-12)17(26)27-11(2)16(25)22-14-6-4-5-13(8-14)18(19,20)21/h4-9,11H,1-3H3,(H,22,25)/t11-/m0/s1. The first-order valence-corrected chi connectivity index (χ1v) is 7.85. The van der Waals surface area contributed by atoms with Crippen LogP contribution in [-0.2, 0) is 22.8 Å². The number of anilines is 1. The number of halogens is 3. The fourth-order valence-corrected chi connectivity index (χ4v) is 2.25. The number of hydrogen-bond donors (Lipinski definition) is 1.